The molecule has 2 N–H and O–H groups in total. The van der Waals surface area contributed by atoms with E-state index in [2.05, 4.69) is 0 Å². The van der Waals surface area contributed by atoms with Crippen molar-refractivity contribution in [2.45, 2.75) is 6.61 Å². The molecule has 1 aromatic rings. The van der Waals surface area contributed by atoms with Gasteiger partial charge in [0.05, 0.1) is 20.8 Å². The summed E-state index contributed by atoms with van der Waals surface area (Å²) in [6.45, 7) is 0.0780. The molecule has 17 heavy (non-hydrogen) atoms. The Morgan fingerprint density at radius 1 is 1.29 bits per heavy atom. The van der Waals surface area contributed by atoms with Gasteiger partial charge in [-0.3, -0.25) is 0 Å². The number of hydrogen-bond donors (Lipinski definition) is 2. The number of carbonyl (C=O) groups is 1. The van der Waals surface area contributed by atoms with Crippen LogP contribution in [0, 0.1) is 0 Å². The van der Waals surface area contributed by atoms with Crippen molar-refractivity contribution in [1.29, 1.82) is 0 Å². The van der Waals surface area contributed by atoms with Crippen LogP contribution in [-0.4, -0.2) is 37.5 Å². The molecule has 6 heteroatoms. The average molecular weight is 242 g/mol. The van der Waals surface area contributed by atoms with Gasteiger partial charge in [-0.25, -0.2) is 4.79 Å². The second-order valence-corrected chi connectivity index (χ2v) is 3.23. The van der Waals surface area contributed by atoms with Crippen molar-refractivity contribution in [3.8, 4) is 17.2 Å². The third kappa shape index (κ3) is 2.42. The Hall–Kier alpha value is -1.95. The van der Waals surface area contributed by atoms with E-state index >= 15 is 0 Å². The zero-order valence-electron chi connectivity index (χ0n) is 9.81. The summed E-state index contributed by atoms with van der Waals surface area (Å²) in [5.41, 5.74) is 0.235. The van der Waals surface area contributed by atoms with Gasteiger partial charge < -0.3 is 24.4 Å². The molecule has 0 aliphatic heterocycles. The van der Waals surface area contributed by atoms with E-state index in [0.717, 1.165) is 0 Å². The molecule has 0 unspecified atom stereocenters. The van der Waals surface area contributed by atoms with Crippen LogP contribution in [0.1, 0.15) is 15.9 Å². The quantitative estimate of drug-likeness (QED) is 0.808. The second-order valence-electron chi connectivity index (χ2n) is 3.23. The molecule has 1 aromatic carbocycles. The number of ether oxygens (including phenoxy) is 3. The summed E-state index contributed by atoms with van der Waals surface area (Å²) >= 11 is 0. The van der Waals surface area contributed by atoms with Gasteiger partial charge in [0.15, 0.2) is 11.5 Å². The van der Waals surface area contributed by atoms with Gasteiger partial charge in [-0.2, -0.15) is 0 Å². The van der Waals surface area contributed by atoms with E-state index < -0.39 is 5.97 Å². The highest BCUT2D eigenvalue weighted by Crippen LogP contribution is 2.41. The largest absolute Gasteiger partial charge is 0.502 e. The van der Waals surface area contributed by atoms with Gasteiger partial charge in [-0.15, -0.1) is 0 Å². The van der Waals surface area contributed by atoms with Crippen LogP contribution in [0.15, 0.2) is 6.07 Å². The summed E-state index contributed by atoms with van der Waals surface area (Å²) in [5.74, 6) is -1.54. The van der Waals surface area contributed by atoms with Crippen LogP contribution in [0.2, 0.25) is 0 Å². The summed E-state index contributed by atoms with van der Waals surface area (Å²) in [6.07, 6.45) is 0. The van der Waals surface area contributed by atoms with Crippen LogP contribution < -0.4 is 9.47 Å². The molecule has 0 saturated carbocycles. The SMILES string of the molecule is COCc1cc(OC)c(O)c(OC)c1C(=O)O. The van der Waals surface area contributed by atoms with E-state index in [4.69, 9.17) is 19.3 Å². The smallest absolute Gasteiger partial charge is 0.340 e. The first-order valence-corrected chi connectivity index (χ1v) is 4.75. The van der Waals surface area contributed by atoms with Crippen molar-refractivity contribution in [1.82, 2.24) is 0 Å². The first-order chi connectivity index (χ1) is 8.06. The normalized spacial score (nSPS) is 10.1. The fourth-order valence-electron chi connectivity index (χ4n) is 1.53. The van der Waals surface area contributed by atoms with Crippen LogP contribution >= 0.6 is 0 Å². The molecular weight excluding hydrogens is 228 g/mol. The minimum atomic E-state index is -1.20. The van der Waals surface area contributed by atoms with Crippen LogP contribution in [0.3, 0.4) is 0 Å². The first kappa shape index (κ1) is 13.1. The number of aromatic hydroxyl groups is 1. The molecule has 0 aliphatic rings. The van der Waals surface area contributed by atoms with Crippen molar-refractivity contribution in [2.75, 3.05) is 21.3 Å². The zero-order valence-corrected chi connectivity index (χ0v) is 9.81. The van der Waals surface area contributed by atoms with Crippen molar-refractivity contribution in [2.24, 2.45) is 0 Å². The Bertz CT molecular complexity index is 426. The fourth-order valence-corrected chi connectivity index (χ4v) is 1.53. The van der Waals surface area contributed by atoms with Gasteiger partial charge >= 0.3 is 5.97 Å². The highest BCUT2D eigenvalue weighted by molar-refractivity contribution is 5.94. The van der Waals surface area contributed by atoms with Crippen molar-refractivity contribution in [3.63, 3.8) is 0 Å². The maximum atomic E-state index is 11.1. The number of phenols is 1. The number of phenolic OH excluding ortho intramolecular Hbond substituents is 1. The lowest BCUT2D eigenvalue weighted by molar-refractivity contribution is 0.0687. The molecule has 0 amide bonds. The van der Waals surface area contributed by atoms with Crippen LogP contribution in [0.25, 0.3) is 0 Å². The minimum absolute atomic E-state index is 0.0780. The van der Waals surface area contributed by atoms with Crippen LogP contribution in [0.4, 0.5) is 0 Å². The maximum Gasteiger partial charge on any atom is 0.340 e. The Kier molecular flexibility index (Phi) is 4.17. The first-order valence-electron chi connectivity index (χ1n) is 4.75. The van der Waals surface area contributed by atoms with Gasteiger partial charge in [0.25, 0.3) is 0 Å². The predicted octanol–water partition coefficient (Wildman–Crippen LogP) is 1.25. The molecule has 0 fully saturated rings. The summed E-state index contributed by atoms with van der Waals surface area (Å²) < 4.78 is 14.7. The molecule has 0 saturated heterocycles. The van der Waals surface area contributed by atoms with Crippen molar-refractivity contribution >= 4 is 5.97 Å². The number of hydrogen-bond acceptors (Lipinski definition) is 5. The van der Waals surface area contributed by atoms with Crippen molar-refractivity contribution in [3.05, 3.63) is 17.2 Å². The minimum Gasteiger partial charge on any atom is -0.502 e. The lowest BCUT2D eigenvalue weighted by Gasteiger charge is -2.14. The lowest BCUT2D eigenvalue weighted by atomic mass is 10.1. The second kappa shape index (κ2) is 5.40. The van der Waals surface area contributed by atoms with Gasteiger partial charge in [0.1, 0.15) is 5.56 Å². The fraction of sp³-hybridized carbons (Fsp3) is 0.364. The van der Waals surface area contributed by atoms with Crippen LogP contribution in [-0.2, 0) is 11.3 Å². The molecule has 0 aromatic heterocycles. The molecule has 0 aliphatic carbocycles. The molecule has 0 atom stereocenters. The molecule has 94 valence electrons. The summed E-state index contributed by atoms with van der Waals surface area (Å²) in [6, 6.07) is 1.41. The van der Waals surface area contributed by atoms with E-state index in [-0.39, 0.29) is 29.4 Å². The number of benzene rings is 1. The number of methoxy groups -OCH3 is 3. The van der Waals surface area contributed by atoms with Gasteiger partial charge in [0.2, 0.25) is 5.75 Å². The molecule has 0 heterocycles. The van der Waals surface area contributed by atoms with Crippen molar-refractivity contribution < 1.29 is 29.2 Å². The van der Waals surface area contributed by atoms with Gasteiger partial charge in [0, 0.05) is 7.11 Å². The molecule has 1 rings (SSSR count). The number of carboxylic acids is 1. The van der Waals surface area contributed by atoms with Crippen LogP contribution in [0.5, 0.6) is 17.2 Å². The number of aromatic carboxylic acids is 1. The molecule has 0 radical (unpaired) electrons. The summed E-state index contributed by atoms with van der Waals surface area (Å²) in [5, 5.41) is 18.9. The Labute approximate surface area is 98.3 Å². The van der Waals surface area contributed by atoms with Gasteiger partial charge in [-0.1, -0.05) is 0 Å². The van der Waals surface area contributed by atoms with Gasteiger partial charge in [-0.05, 0) is 11.6 Å². The maximum absolute atomic E-state index is 11.1. The topological polar surface area (TPSA) is 85.2 Å². The van der Waals surface area contributed by atoms with E-state index in [1.807, 2.05) is 0 Å². The van der Waals surface area contributed by atoms with E-state index in [9.17, 15) is 9.90 Å². The lowest BCUT2D eigenvalue weighted by Crippen LogP contribution is -2.07. The van der Waals surface area contributed by atoms with E-state index in [1.54, 1.807) is 0 Å². The Balaban J connectivity index is 3.51. The Morgan fingerprint density at radius 2 is 1.94 bits per heavy atom. The van der Waals surface area contributed by atoms with E-state index in [0.29, 0.717) is 5.56 Å². The Morgan fingerprint density at radius 3 is 2.35 bits per heavy atom. The van der Waals surface area contributed by atoms with E-state index in [1.165, 1.54) is 27.4 Å². The third-order valence-corrected chi connectivity index (χ3v) is 2.24. The summed E-state index contributed by atoms with van der Waals surface area (Å²) in [4.78, 5) is 11.1. The molecule has 0 bridgehead atoms. The predicted molar refractivity (Wildman–Crippen MR) is 58.9 cm³/mol. The highest BCUT2D eigenvalue weighted by Gasteiger charge is 2.23. The summed E-state index contributed by atoms with van der Waals surface area (Å²) in [7, 11) is 4.08. The monoisotopic (exact) mass is 242 g/mol. The molecule has 6 nitrogen and oxygen atoms in total. The third-order valence-electron chi connectivity index (χ3n) is 2.24. The standard InChI is InChI=1S/C11H14O6/c1-15-5-6-4-7(16-2)9(12)10(17-3)8(6)11(13)14/h4,12H,5H2,1-3H3,(H,13,14). The average Bonchev–Trinajstić information content (AvgIpc) is 2.30. The number of rotatable bonds is 5. The molecule has 0 spiro atoms. The highest BCUT2D eigenvalue weighted by atomic mass is 16.5. The number of carboxylic acid groups (broad SMARTS) is 1. The molecular formula is C11H14O6. The zero-order chi connectivity index (χ0) is 13.0.